The van der Waals surface area contributed by atoms with Crippen LogP contribution >= 0.6 is 0 Å². The Labute approximate surface area is 190 Å². The van der Waals surface area contributed by atoms with E-state index in [0.29, 0.717) is 0 Å². The van der Waals surface area contributed by atoms with Gasteiger partial charge in [-0.1, -0.05) is 74.5 Å². The number of rotatable bonds is 0. The Morgan fingerprint density at radius 1 is 0.562 bits per heavy atom. The summed E-state index contributed by atoms with van der Waals surface area (Å²) in [5.41, 5.74) is 4.75. The lowest BCUT2D eigenvalue weighted by Crippen LogP contribution is -1.74. The number of aromatic nitrogens is 2. The molecule has 0 fully saturated rings. The van der Waals surface area contributed by atoms with Crippen molar-refractivity contribution in [3.05, 3.63) is 98.1 Å². The zero-order valence-corrected chi connectivity index (χ0v) is 19.5. The Bertz CT molecular complexity index is 1490. The molecule has 0 bridgehead atoms. The van der Waals surface area contributed by atoms with Gasteiger partial charge in [0.1, 0.15) is 0 Å². The van der Waals surface area contributed by atoms with Gasteiger partial charge in [-0.25, -0.2) is 0 Å². The quantitative estimate of drug-likeness (QED) is 0.229. The summed E-state index contributed by atoms with van der Waals surface area (Å²) in [4.78, 5) is 7.12. The average molecular weight is 421 g/mol. The molecule has 0 aliphatic carbocycles. The van der Waals surface area contributed by atoms with Gasteiger partial charge in [0, 0.05) is 43.6 Å². The number of para-hydroxylation sites is 1. The molecule has 2 nitrogen and oxygen atoms in total. The third-order valence-corrected chi connectivity index (χ3v) is 5.11. The molecule has 4 aromatic carbocycles. The number of fused-ring (bicyclic) bond motifs is 8. The predicted molar refractivity (Wildman–Crippen MR) is 146 cm³/mol. The number of nitrogens with one attached hydrogen (secondary N) is 2. The first-order valence-electron chi connectivity index (χ1n) is 11.2. The standard InChI is InChI=1S/C22H14N2.2C3H6.C2H6/c1-2-6-14-13(5-1)9-10-19-22(14)17-11-16-15-7-3-4-8-18(15)23-20(16)12-21(17)24-19;2*1-3-2;1-2/h1-12,23-24H;2*3H,1H2,2H3;1-2H3. The van der Waals surface area contributed by atoms with Crippen LogP contribution in [0.1, 0.15) is 27.7 Å². The van der Waals surface area contributed by atoms with Crippen LogP contribution in [0.25, 0.3) is 54.4 Å². The van der Waals surface area contributed by atoms with E-state index in [0.717, 1.165) is 0 Å². The maximum absolute atomic E-state index is 3.59. The van der Waals surface area contributed by atoms with Crippen LogP contribution < -0.4 is 0 Å². The smallest absolute Gasteiger partial charge is 0.0486 e. The van der Waals surface area contributed by atoms with Crippen molar-refractivity contribution in [1.29, 1.82) is 0 Å². The van der Waals surface area contributed by atoms with Gasteiger partial charge in [0.2, 0.25) is 0 Å². The molecule has 2 N–H and O–H groups in total. The minimum absolute atomic E-state index is 1.18. The summed E-state index contributed by atoms with van der Waals surface area (Å²) < 4.78 is 0. The Morgan fingerprint density at radius 2 is 1.12 bits per heavy atom. The number of hydrogen-bond donors (Lipinski definition) is 2. The van der Waals surface area contributed by atoms with Gasteiger partial charge in [0.15, 0.2) is 0 Å². The second-order valence-corrected chi connectivity index (χ2v) is 7.26. The maximum atomic E-state index is 3.59. The van der Waals surface area contributed by atoms with Crippen LogP contribution in [0, 0.1) is 0 Å². The zero-order valence-electron chi connectivity index (χ0n) is 19.5. The lowest BCUT2D eigenvalue weighted by molar-refractivity contribution is 1.50. The first kappa shape index (κ1) is 22.9. The average Bonchev–Trinajstić information content (AvgIpc) is 3.37. The van der Waals surface area contributed by atoms with Gasteiger partial charge in [-0.2, -0.15) is 0 Å². The number of allylic oxidation sites excluding steroid dienone is 2. The van der Waals surface area contributed by atoms with Crippen LogP contribution in [-0.4, -0.2) is 9.97 Å². The van der Waals surface area contributed by atoms with Crippen LogP contribution in [0.2, 0.25) is 0 Å². The highest BCUT2D eigenvalue weighted by atomic mass is 14.7. The highest BCUT2D eigenvalue weighted by Crippen LogP contribution is 2.36. The molecule has 0 aliphatic rings. The minimum atomic E-state index is 1.18. The van der Waals surface area contributed by atoms with Crippen LogP contribution in [-0.2, 0) is 0 Å². The highest BCUT2D eigenvalue weighted by molar-refractivity contribution is 6.23. The Hall–Kier alpha value is -3.78. The summed E-state index contributed by atoms with van der Waals surface area (Å²) in [6.45, 7) is 14.5. The van der Waals surface area contributed by atoms with Crippen LogP contribution in [0.4, 0.5) is 0 Å². The Morgan fingerprint density at radius 3 is 1.84 bits per heavy atom. The van der Waals surface area contributed by atoms with Crippen molar-refractivity contribution in [2.45, 2.75) is 27.7 Å². The second kappa shape index (κ2) is 10.5. The number of benzene rings is 4. The van der Waals surface area contributed by atoms with E-state index in [-0.39, 0.29) is 0 Å². The van der Waals surface area contributed by atoms with Crippen LogP contribution in [0.15, 0.2) is 98.1 Å². The van der Waals surface area contributed by atoms with Crippen molar-refractivity contribution < 1.29 is 0 Å². The molecule has 2 heterocycles. The maximum Gasteiger partial charge on any atom is 0.0486 e. The summed E-state index contributed by atoms with van der Waals surface area (Å²) in [7, 11) is 0. The van der Waals surface area contributed by atoms with E-state index in [1.54, 1.807) is 12.2 Å². The summed E-state index contributed by atoms with van der Waals surface area (Å²) >= 11 is 0. The van der Waals surface area contributed by atoms with E-state index in [4.69, 9.17) is 0 Å². The summed E-state index contributed by atoms with van der Waals surface area (Å²) in [5.74, 6) is 0. The fourth-order valence-electron chi connectivity index (χ4n) is 4.02. The molecule has 0 radical (unpaired) electrons. The lowest BCUT2D eigenvalue weighted by atomic mass is 10.0. The normalized spacial score (nSPS) is 10.1. The summed E-state index contributed by atoms with van der Waals surface area (Å²) in [6, 6.07) is 26.0. The Balaban J connectivity index is 0.000000323. The van der Waals surface area contributed by atoms with Crippen molar-refractivity contribution in [3.8, 4) is 0 Å². The fraction of sp³-hybridized carbons (Fsp3) is 0.133. The topological polar surface area (TPSA) is 31.6 Å². The number of hydrogen-bond acceptors (Lipinski definition) is 0. The Kier molecular flexibility index (Phi) is 7.51. The molecule has 162 valence electrons. The molecular formula is C30H32N2. The monoisotopic (exact) mass is 420 g/mol. The van der Waals surface area contributed by atoms with Crippen molar-refractivity contribution in [1.82, 2.24) is 9.97 Å². The second-order valence-electron chi connectivity index (χ2n) is 7.26. The minimum Gasteiger partial charge on any atom is -0.354 e. The molecule has 6 aromatic rings. The number of H-pyrrole nitrogens is 2. The van der Waals surface area contributed by atoms with Gasteiger partial charge < -0.3 is 9.97 Å². The third kappa shape index (κ3) is 4.17. The molecule has 0 spiro atoms. The molecule has 32 heavy (non-hydrogen) atoms. The largest absolute Gasteiger partial charge is 0.354 e. The third-order valence-electron chi connectivity index (χ3n) is 5.11. The van der Waals surface area contributed by atoms with E-state index >= 15 is 0 Å². The van der Waals surface area contributed by atoms with Crippen LogP contribution in [0.3, 0.4) is 0 Å². The van der Waals surface area contributed by atoms with Crippen molar-refractivity contribution in [3.63, 3.8) is 0 Å². The molecule has 0 aliphatic heterocycles. The molecule has 0 saturated carbocycles. The molecule has 2 aromatic heterocycles. The van der Waals surface area contributed by atoms with E-state index in [1.165, 1.54) is 54.4 Å². The first-order valence-corrected chi connectivity index (χ1v) is 11.2. The van der Waals surface area contributed by atoms with Gasteiger partial charge in [-0.3, -0.25) is 0 Å². The van der Waals surface area contributed by atoms with E-state index in [9.17, 15) is 0 Å². The van der Waals surface area contributed by atoms with E-state index in [2.05, 4.69) is 95.9 Å². The van der Waals surface area contributed by atoms with Gasteiger partial charge in [0.25, 0.3) is 0 Å². The van der Waals surface area contributed by atoms with Gasteiger partial charge in [-0.05, 0) is 48.9 Å². The zero-order chi connectivity index (χ0) is 23.1. The molecule has 0 atom stereocenters. The van der Waals surface area contributed by atoms with Gasteiger partial charge in [0.05, 0.1) is 0 Å². The first-order chi connectivity index (χ1) is 15.7. The van der Waals surface area contributed by atoms with Crippen molar-refractivity contribution in [2.75, 3.05) is 0 Å². The summed E-state index contributed by atoms with van der Waals surface area (Å²) in [5, 5.41) is 7.76. The fourth-order valence-corrected chi connectivity index (χ4v) is 4.02. The lowest BCUT2D eigenvalue weighted by Gasteiger charge is -2.00. The summed E-state index contributed by atoms with van der Waals surface area (Å²) in [6.07, 6.45) is 3.50. The van der Waals surface area contributed by atoms with Gasteiger partial charge >= 0.3 is 0 Å². The van der Waals surface area contributed by atoms with Crippen LogP contribution in [0.5, 0.6) is 0 Å². The predicted octanol–water partition coefficient (Wildman–Crippen LogP) is 9.52. The van der Waals surface area contributed by atoms with Crippen molar-refractivity contribution >= 4 is 54.4 Å². The molecular weight excluding hydrogens is 388 g/mol. The van der Waals surface area contributed by atoms with Gasteiger partial charge in [-0.15, -0.1) is 13.2 Å². The van der Waals surface area contributed by atoms with Crippen molar-refractivity contribution in [2.24, 2.45) is 0 Å². The highest BCUT2D eigenvalue weighted by Gasteiger charge is 2.11. The number of aromatic amines is 2. The molecule has 0 saturated heterocycles. The molecule has 0 unspecified atom stereocenters. The SMILES string of the molecule is C=CC.C=CC.CC.c1ccc2c(c1)ccc1[nH]c3cc4[nH]c5ccccc5c4cc3c12. The van der Waals surface area contributed by atoms with E-state index < -0.39 is 0 Å². The molecule has 0 amide bonds. The van der Waals surface area contributed by atoms with E-state index in [1.807, 2.05) is 27.7 Å². The molecule has 2 heteroatoms. The molecule has 6 rings (SSSR count).